The summed E-state index contributed by atoms with van der Waals surface area (Å²) in [6.07, 6.45) is 0. The molecule has 2 heterocycles. The lowest BCUT2D eigenvalue weighted by Gasteiger charge is -2.04. The van der Waals surface area contributed by atoms with Gasteiger partial charge in [0.25, 0.3) is 0 Å². The number of halogens is 1. The number of ether oxygens (including phenoxy) is 1. The van der Waals surface area contributed by atoms with E-state index in [2.05, 4.69) is 31.2 Å². The largest absolute Gasteiger partial charge is 0.497 e. The average molecular weight is 402 g/mol. The number of fused-ring (bicyclic) bond motifs is 1. The van der Waals surface area contributed by atoms with Crippen molar-refractivity contribution in [2.45, 2.75) is 0 Å². The summed E-state index contributed by atoms with van der Waals surface area (Å²) in [5.41, 5.74) is 8.37. The van der Waals surface area contributed by atoms with E-state index < -0.39 is 0 Å². The summed E-state index contributed by atoms with van der Waals surface area (Å²) in [5.74, 6) is 1.45. The number of nitrogen functional groups attached to an aromatic ring is 1. The number of nitrogens with zero attached hydrogens (tertiary/aromatic N) is 4. The lowest BCUT2D eigenvalue weighted by molar-refractivity contribution is 0.414. The number of anilines is 1. The molecule has 24 heavy (non-hydrogen) atoms. The van der Waals surface area contributed by atoms with E-state index in [1.165, 1.54) is 11.3 Å². The predicted molar refractivity (Wildman–Crippen MR) is 98.2 cm³/mol. The van der Waals surface area contributed by atoms with E-state index in [-0.39, 0.29) is 0 Å². The molecule has 2 aromatic carbocycles. The highest BCUT2D eigenvalue weighted by atomic mass is 79.9. The quantitative estimate of drug-likeness (QED) is 0.527. The molecule has 8 heteroatoms. The second kappa shape index (κ2) is 5.88. The third-order valence-electron chi connectivity index (χ3n) is 3.57. The molecule has 0 fully saturated rings. The molecule has 0 aliphatic carbocycles. The van der Waals surface area contributed by atoms with Gasteiger partial charge in [-0.2, -0.15) is 9.61 Å². The summed E-state index contributed by atoms with van der Waals surface area (Å²) in [6, 6.07) is 13.3. The zero-order chi connectivity index (χ0) is 16.7. The molecule has 6 nitrogen and oxygen atoms in total. The molecular formula is C16H12BrN5OS. The van der Waals surface area contributed by atoms with Crippen molar-refractivity contribution in [1.82, 2.24) is 19.8 Å². The van der Waals surface area contributed by atoms with Gasteiger partial charge in [-0.25, -0.2) is 0 Å². The Morgan fingerprint density at radius 3 is 2.62 bits per heavy atom. The molecule has 2 N–H and O–H groups in total. The molecule has 0 amide bonds. The van der Waals surface area contributed by atoms with Crippen LogP contribution in [0.5, 0.6) is 5.75 Å². The van der Waals surface area contributed by atoms with Crippen molar-refractivity contribution in [3.63, 3.8) is 0 Å². The summed E-state index contributed by atoms with van der Waals surface area (Å²) < 4.78 is 7.86. The van der Waals surface area contributed by atoms with Crippen LogP contribution in [0.25, 0.3) is 26.9 Å². The fraction of sp³-hybridized carbons (Fsp3) is 0.0625. The third kappa shape index (κ3) is 2.53. The minimum atomic E-state index is 0.678. The van der Waals surface area contributed by atoms with Crippen LogP contribution in [-0.4, -0.2) is 26.9 Å². The fourth-order valence-corrected chi connectivity index (χ4v) is 3.71. The molecule has 0 saturated heterocycles. The maximum Gasteiger partial charge on any atom is 0.235 e. The molecule has 0 saturated carbocycles. The lowest BCUT2D eigenvalue weighted by Crippen LogP contribution is -1.93. The number of aromatic nitrogens is 4. The molecule has 0 atom stereocenters. The molecule has 0 aliphatic heterocycles. The predicted octanol–water partition coefficient (Wildman–Crippen LogP) is 3.87. The summed E-state index contributed by atoms with van der Waals surface area (Å²) >= 11 is 5.04. The SMILES string of the molecule is COc1ccc(-c2nnc3sc(-c4ccc(N)cc4)nn23)c(Br)c1. The van der Waals surface area contributed by atoms with Crippen LogP contribution in [-0.2, 0) is 0 Å². The summed E-state index contributed by atoms with van der Waals surface area (Å²) in [6.45, 7) is 0. The fourth-order valence-electron chi connectivity index (χ4n) is 2.33. The van der Waals surface area contributed by atoms with E-state index in [1.54, 1.807) is 11.6 Å². The second-order valence-corrected chi connectivity index (χ2v) is 6.90. The number of hydrogen-bond acceptors (Lipinski definition) is 6. The summed E-state index contributed by atoms with van der Waals surface area (Å²) in [5, 5.41) is 14.0. The zero-order valence-corrected chi connectivity index (χ0v) is 15.0. The Balaban J connectivity index is 1.81. The van der Waals surface area contributed by atoms with E-state index in [1.807, 2.05) is 42.5 Å². The molecule has 120 valence electrons. The van der Waals surface area contributed by atoms with Gasteiger partial charge in [0.05, 0.1) is 7.11 Å². The van der Waals surface area contributed by atoms with Gasteiger partial charge in [0.2, 0.25) is 4.96 Å². The van der Waals surface area contributed by atoms with Gasteiger partial charge in [0.1, 0.15) is 10.8 Å². The smallest absolute Gasteiger partial charge is 0.235 e. The molecule has 2 aromatic heterocycles. The van der Waals surface area contributed by atoms with Crippen LogP contribution < -0.4 is 10.5 Å². The van der Waals surface area contributed by atoms with Gasteiger partial charge >= 0.3 is 0 Å². The standard InChI is InChI=1S/C16H12BrN5OS/c1-23-11-6-7-12(13(17)8-11)14-19-20-16-22(14)21-15(24-16)9-2-4-10(18)5-3-9/h2-8H,18H2,1H3. The molecule has 0 aliphatic rings. The van der Waals surface area contributed by atoms with E-state index in [0.29, 0.717) is 5.82 Å². The molecule has 4 rings (SSSR count). The van der Waals surface area contributed by atoms with E-state index in [0.717, 1.165) is 37.0 Å². The highest BCUT2D eigenvalue weighted by Crippen LogP contribution is 2.33. The van der Waals surface area contributed by atoms with Gasteiger partial charge in [-0.05, 0) is 58.4 Å². The third-order valence-corrected chi connectivity index (χ3v) is 5.17. The normalized spacial score (nSPS) is 11.1. The summed E-state index contributed by atoms with van der Waals surface area (Å²) in [4.78, 5) is 0.736. The van der Waals surface area contributed by atoms with Gasteiger partial charge < -0.3 is 10.5 Å². The number of benzene rings is 2. The number of methoxy groups -OCH3 is 1. The van der Waals surface area contributed by atoms with Crippen LogP contribution in [0.2, 0.25) is 0 Å². The highest BCUT2D eigenvalue weighted by molar-refractivity contribution is 9.10. The van der Waals surface area contributed by atoms with E-state index in [4.69, 9.17) is 10.5 Å². The van der Waals surface area contributed by atoms with Crippen LogP contribution in [0, 0.1) is 0 Å². The van der Waals surface area contributed by atoms with Crippen molar-refractivity contribution in [2.75, 3.05) is 12.8 Å². The molecule has 0 spiro atoms. The Morgan fingerprint density at radius 2 is 1.92 bits per heavy atom. The van der Waals surface area contributed by atoms with Gasteiger partial charge in [0.15, 0.2) is 5.82 Å². The first-order chi connectivity index (χ1) is 11.7. The Bertz CT molecular complexity index is 1020. The van der Waals surface area contributed by atoms with Crippen LogP contribution in [0.3, 0.4) is 0 Å². The van der Waals surface area contributed by atoms with Crippen molar-refractivity contribution >= 4 is 37.9 Å². The molecule has 0 unspecified atom stereocenters. The van der Waals surface area contributed by atoms with E-state index >= 15 is 0 Å². The maximum absolute atomic E-state index is 5.74. The average Bonchev–Trinajstić information content (AvgIpc) is 3.16. The molecular weight excluding hydrogens is 390 g/mol. The topological polar surface area (TPSA) is 78.3 Å². The van der Waals surface area contributed by atoms with Crippen molar-refractivity contribution in [3.05, 3.63) is 46.9 Å². The Kier molecular flexibility index (Phi) is 3.70. The Hall–Kier alpha value is -2.45. The van der Waals surface area contributed by atoms with Crippen LogP contribution in [0.4, 0.5) is 5.69 Å². The van der Waals surface area contributed by atoms with Crippen molar-refractivity contribution in [3.8, 4) is 27.7 Å². The maximum atomic E-state index is 5.74. The monoisotopic (exact) mass is 401 g/mol. The van der Waals surface area contributed by atoms with Crippen LogP contribution in [0.15, 0.2) is 46.9 Å². The minimum Gasteiger partial charge on any atom is -0.497 e. The number of rotatable bonds is 3. The van der Waals surface area contributed by atoms with Gasteiger partial charge in [-0.15, -0.1) is 10.2 Å². The lowest BCUT2D eigenvalue weighted by atomic mass is 10.2. The highest BCUT2D eigenvalue weighted by Gasteiger charge is 2.16. The van der Waals surface area contributed by atoms with Crippen molar-refractivity contribution < 1.29 is 4.74 Å². The van der Waals surface area contributed by atoms with Crippen molar-refractivity contribution in [2.24, 2.45) is 0 Å². The Morgan fingerprint density at radius 1 is 1.12 bits per heavy atom. The first kappa shape index (κ1) is 15.1. The molecule has 0 bridgehead atoms. The zero-order valence-electron chi connectivity index (χ0n) is 12.6. The Labute approximate surface area is 150 Å². The minimum absolute atomic E-state index is 0.678. The van der Waals surface area contributed by atoms with Gasteiger partial charge in [0, 0.05) is 21.3 Å². The molecule has 4 aromatic rings. The van der Waals surface area contributed by atoms with Crippen LogP contribution in [0.1, 0.15) is 0 Å². The number of nitrogens with two attached hydrogens (primary N) is 1. The second-order valence-electron chi connectivity index (χ2n) is 5.09. The molecule has 0 radical (unpaired) electrons. The summed E-state index contributed by atoms with van der Waals surface area (Å²) in [7, 11) is 1.63. The first-order valence-corrected chi connectivity index (χ1v) is 8.69. The number of hydrogen-bond donors (Lipinski definition) is 1. The van der Waals surface area contributed by atoms with Crippen LogP contribution >= 0.6 is 27.3 Å². The first-order valence-electron chi connectivity index (χ1n) is 7.08. The van der Waals surface area contributed by atoms with E-state index in [9.17, 15) is 0 Å². The van der Waals surface area contributed by atoms with Gasteiger partial charge in [-0.3, -0.25) is 0 Å². The van der Waals surface area contributed by atoms with Crippen molar-refractivity contribution in [1.29, 1.82) is 0 Å². The van der Waals surface area contributed by atoms with Gasteiger partial charge in [-0.1, -0.05) is 11.3 Å².